The Bertz CT molecular complexity index is 703. The number of nitrogen functional groups attached to an aromatic ring is 1. The fraction of sp³-hybridized carbons (Fsp3) is 0.176. The molecule has 3 N–H and O–H groups in total. The molecule has 0 unspecified atom stereocenters. The van der Waals surface area contributed by atoms with Crippen LogP contribution in [0.2, 0.25) is 0 Å². The highest BCUT2D eigenvalue weighted by Crippen LogP contribution is 2.08. The first kappa shape index (κ1) is 15.4. The third-order valence-electron chi connectivity index (χ3n) is 2.79. The lowest BCUT2D eigenvalue weighted by Gasteiger charge is -2.04. The Kier molecular flexibility index (Phi) is 5.38. The molecule has 0 saturated carbocycles. The molecule has 0 atom stereocenters. The Labute approximate surface area is 129 Å². The summed E-state index contributed by atoms with van der Waals surface area (Å²) in [4.78, 5) is 15.6. The Morgan fingerprint density at radius 1 is 1.36 bits per heavy atom. The second-order valence-corrected chi connectivity index (χ2v) is 4.67. The minimum absolute atomic E-state index is 0.169. The van der Waals surface area contributed by atoms with Crippen molar-refractivity contribution in [3.63, 3.8) is 0 Å². The van der Waals surface area contributed by atoms with Crippen LogP contribution in [0.15, 0.2) is 42.6 Å². The van der Waals surface area contributed by atoms with Gasteiger partial charge in [0.25, 0.3) is 0 Å². The number of rotatable bonds is 3. The molecule has 0 spiro atoms. The van der Waals surface area contributed by atoms with E-state index in [-0.39, 0.29) is 13.2 Å². The van der Waals surface area contributed by atoms with E-state index in [0.717, 1.165) is 11.1 Å². The van der Waals surface area contributed by atoms with Gasteiger partial charge in [0.05, 0.1) is 12.2 Å². The monoisotopic (exact) mass is 295 g/mol. The van der Waals surface area contributed by atoms with Gasteiger partial charge in [-0.1, -0.05) is 36.3 Å². The standard InChI is InChI=1S/C17H17N3O2/c1-13-10-15(18)16(20-11-13)8-5-9-19-17(21)22-12-14-6-3-2-4-7-14/h2-4,6-7,10-11H,9,12,18H2,1H3,(H,19,21). The Balaban J connectivity index is 1.76. The molecule has 2 aromatic rings. The lowest BCUT2D eigenvalue weighted by atomic mass is 10.2. The quantitative estimate of drug-likeness (QED) is 0.851. The maximum Gasteiger partial charge on any atom is 0.408 e. The van der Waals surface area contributed by atoms with Crippen LogP contribution in [0.5, 0.6) is 0 Å². The highest BCUT2D eigenvalue weighted by Gasteiger charge is 2.00. The van der Waals surface area contributed by atoms with Crippen molar-refractivity contribution < 1.29 is 9.53 Å². The van der Waals surface area contributed by atoms with Gasteiger partial charge in [-0.15, -0.1) is 0 Å². The SMILES string of the molecule is Cc1cnc(C#CCNC(=O)OCc2ccccc2)c(N)c1. The number of nitrogens with two attached hydrogens (primary N) is 1. The van der Waals surface area contributed by atoms with Gasteiger partial charge in [-0.3, -0.25) is 0 Å². The van der Waals surface area contributed by atoms with Crippen molar-refractivity contribution in [1.29, 1.82) is 0 Å². The molecule has 112 valence electrons. The zero-order valence-electron chi connectivity index (χ0n) is 12.3. The fourth-order valence-electron chi connectivity index (χ4n) is 1.71. The zero-order chi connectivity index (χ0) is 15.8. The Morgan fingerprint density at radius 3 is 2.86 bits per heavy atom. The van der Waals surface area contributed by atoms with Gasteiger partial charge in [0.15, 0.2) is 0 Å². The van der Waals surface area contributed by atoms with E-state index >= 15 is 0 Å². The molecule has 0 fully saturated rings. The number of amides is 1. The summed E-state index contributed by atoms with van der Waals surface area (Å²) < 4.78 is 5.06. The first-order valence-electron chi connectivity index (χ1n) is 6.80. The van der Waals surface area contributed by atoms with Crippen molar-refractivity contribution in [3.05, 3.63) is 59.4 Å². The van der Waals surface area contributed by atoms with Gasteiger partial charge in [-0.25, -0.2) is 9.78 Å². The van der Waals surface area contributed by atoms with Crippen LogP contribution in [0, 0.1) is 18.8 Å². The molecular weight excluding hydrogens is 278 g/mol. The molecular formula is C17H17N3O2. The minimum atomic E-state index is -0.511. The highest BCUT2D eigenvalue weighted by molar-refractivity contribution is 5.67. The second kappa shape index (κ2) is 7.70. The van der Waals surface area contributed by atoms with Crippen LogP contribution in [0.25, 0.3) is 0 Å². The number of ether oxygens (including phenoxy) is 1. The highest BCUT2D eigenvalue weighted by atomic mass is 16.5. The average molecular weight is 295 g/mol. The summed E-state index contributed by atoms with van der Waals surface area (Å²) in [6.07, 6.45) is 1.19. The Morgan fingerprint density at radius 2 is 2.14 bits per heavy atom. The van der Waals surface area contributed by atoms with Gasteiger partial charge >= 0.3 is 6.09 Å². The van der Waals surface area contributed by atoms with Crippen molar-refractivity contribution in [2.75, 3.05) is 12.3 Å². The van der Waals surface area contributed by atoms with Crippen molar-refractivity contribution in [3.8, 4) is 11.8 Å². The first-order chi connectivity index (χ1) is 10.6. The van der Waals surface area contributed by atoms with Crippen LogP contribution in [0.1, 0.15) is 16.8 Å². The summed E-state index contributed by atoms with van der Waals surface area (Å²) >= 11 is 0. The summed E-state index contributed by atoms with van der Waals surface area (Å²) in [6, 6.07) is 11.3. The van der Waals surface area contributed by atoms with E-state index in [0.29, 0.717) is 11.4 Å². The van der Waals surface area contributed by atoms with Crippen LogP contribution in [-0.4, -0.2) is 17.6 Å². The summed E-state index contributed by atoms with van der Waals surface area (Å²) in [6.45, 7) is 2.31. The van der Waals surface area contributed by atoms with Gasteiger partial charge in [0.2, 0.25) is 0 Å². The minimum Gasteiger partial charge on any atom is -0.445 e. The number of anilines is 1. The molecule has 2 rings (SSSR count). The number of aryl methyl sites for hydroxylation is 1. The van der Waals surface area contributed by atoms with E-state index in [4.69, 9.17) is 10.5 Å². The number of hydrogen-bond acceptors (Lipinski definition) is 4. The summed E-state index contributed by atoms with van der Waals surface area (Å²) in [7, 11) is 0. The maximum atomic E-state index is 11.5. The zero-order valence-corrected chi connectivity index (χ0v) is 12.3. The molecule has 1 aromatic heterocycles. The molecule has 5 nitrogen and oxygen atoms in total. The molecule has 0 saturated heterocycles. The number of alkyl carbamates (subject to hydrolysis) is 1. The van der Waals surface area contributed by atoms with Crippen molar-refractivity contribution >= 4 is 11.8 Å². The number of carbonyl (C=O) groups excluding carboxylic acids is 1. The van der Waals surface area contributed by atoms with Gasteiger partial charge in [-0.05, 0) is 30.0 Å². The van der Waals surface area contributed by atoms with Crippen molar-refractivity contribution in [2.45, 2.75) is 13.5 Å². The predicted molar refractivity (Wildman–Crippen MR) is 84.9 cm³/mol. The number of hydrogen-bond donors (Lipinski definition) is 2. The van der Waals surface area contributed by atoms with Crippen molar-refractivity contribution in [1.82, 2.24) is 10.3 Å². The van der Waals surface area contributed by atoms with Crippen molar-refractivity contribution in [2.24, 2.45) is 0 Å². The number of nitrogens with one attached hydrogen (secondary N) is 1. The first-order valence-corrected chi connectivity index (χ1v) is 6.80. The van der Waals surface area contributed by atoms with E-state index < -0.39 is 6.09 Å². The van der Waals surface area contributed by atoms with E-state index in [1.54, 1.807) is 12.3 Å². The lowest BCUT2D eigenvalue weighted by molar-refractivity contribution is 0.141. The molecule has 1 heterocycles. The van der Waals surface area contributed by atoms with E-state index in [1.165, 1.54) is 0 Å². The maximum absolute atomic E-state index is 11.5. The smallest absolute Gasteiger partial charge is 0.408 e. The Hall–Kier alpha value is -3.00. The fourth-order valence-corrected chi connectivity index (χ4v) is 1.71. The van der Waals surface area contributed by atoms with Gasteiger partial charge in [0, 0.05) is 6.20 Å². The molecule has 1 aromatic carbocycles. The molecule has 1 amide bonds. The summed E-state index contributed by atoms with van der Waals surface area (Å²) in [5, 5.41) is 2.55. The molecule has 0 radical (unpaired) electrons. The van der Waals surface area contributed by atoms with Crippen LogP contribution in [-0.2, 0) is 11.3 Å². The van der Waals surface area contributed by atoms with Crippen LogP contribution in [0.4, 0.5) is 10.5 Å². The number of aromatic nitrogens is 1. The van der Waals surface area contributed by atoms with Crippen LogP contribution < -0.4 is 11.1 Å². The topological polar surface area (TPSA) is 77.2 Å². The normalized spacial score (nSPS) is 9.50. The average Bonchev–Trinajstić information content (AvgIpc) is 2.52. The molecule has 0 aliphatic carbocycles. The molecule has 0 bridgehead atoms. The summed E-state index contributed by atoms with van der Waals surface area (Å²) in [5.74, 6) is 5.60. The summed E-state index contributed by atoms with van der Waals surface area (Å²) in [5.41, 5.74) is 8.74. The third-order valence-corrected chi connectivity index (χ3v) is 2.79. The molecule has 0 aliphatic rings. The van der Waals surface area contributed by atoms with Crippen LogP contribution in [0.3, 0.4) is 0 Å². The van der Waals surface area contributed by atoms with Gasteiger partial charge in [0.1, 0.15) is 12.3 Å². The van der Waals surface area contributed by atoms with Gasteiger partial charge in [-0.2, -0.15) is 0 Å². The predicted octanol–water partition coefficient (Wildman–Crippen LogP) is 2.25. The largest absolute Gasteiger partial charge is 0.445 e. The van der Waals surface area contributed by atoms with E-state index in [2.05, 4.69) is 22.1 Å². The number of pyridine rings is 1. The van der Waals surface area contributed by atoms with Gasteiger partial charge < -0.3 is 15.8 Å². The molecule has 22 heavy (non-hydrogen) atoms. The van der Waals surface area contributed by atoms with E-state index in [1.807, 2.05) is 37.3 Å². The van der Waals surface area contributed by atoms with Crippen LogP contribution >= 0.6 is 0 Å². The molecule has 5 heteroatoms. The molecule has 0 aliphatic heterocycles. The van der Waals surface area contributed by atoms with E-state index in [9.17, 15) is 4.79 Å². The number of carbonyl (C=O) groups is 1. The second-order valence-electron chi connectivity index (χ2n) is 4.67. The number of nitrogens with zero attached hydrogens (tertiary/aromatic N) is 1. The number of benzene rings is 1. The third kappa shape index (κ3) is 4.84. The lowest BCUT2D eigenvalue weighted by Crippen LogP contribution is -2.24.